The average Bonchev–Trinajstić information content (AvgIpc) is 2.83. The molecule has 186 valence electrons. The average molecular weight is 534 g/mol. The highest BCUT2D eigenvalue weighted by Crippen LogP contribution is 2.66. The van der Waals surface area contributed by atoms with E-state index in [2.05, 4.69) is 24.0 Å². The van der Waals surface area contributed by atoms with E-state index in [1.807, 2.05) is 0 Å². The van der Waals surface area contributed by atoms with Crippen molar-refractivity contribution in [3.05, 3.63) is 22.2 Å². The molecule has 0 aromatic carbocycles. The molecule has 0 bridgehead atoms. The number of terminal acetylenes is 1. The molecule has 3 unspecified atom stereocenters. The summed E-state index contributed by atoms with van der Waals surface area (Å²) in [4.78, 5) is 51.9. The number of nitrogen functional groups attached to an aromatic ring is 1. The van der Waals surface area contributed by atoms with Crippen LogP contribution in [0.3, 0.4) is 0 Å². The smallest absolute Gasteiger partial charge is 0.387 e. The van der Waals surface area contributed by atoms with Crippen molar-refractivity contribution in [1.82, 2.24) is 9.55 Å². The third-order valence-corrected chi connectivity index (χ3v) is 8.25. The summed E-state index contributed by atoms with van der Waals surface area (Å²) >= 11 is 0. The molecule has 1 aromatic heterocycles. The van der Waals surface area contributed by atoms with Crippen molar-refractivity contribution in [2.45, 2.75) is 43.9 Å². The molecule has 9 N–H and O–H groups in total. The van der Waals surface area contributed by atoms with Crippen LogP contribution in [0.5, 0.6) is 0 Å². The molecular formula is C13H21N4O13P3. The van der Waals surface area contributed by atoms with Gasteiger partial charge in [0.05, 0.1) is 6.10 Å². The van der Waals surface area contributed by atoms with Crippen LogP contribution in [0.2, 0.25) is 0 Å². The van der Waals surface area contributed by atoms with Gasteiger partial charge in [-0.3, -0.25) is 9.09 Å². The van der Waals surface area contributed by atoms with Crippen LogP contribution in [0, 0.1) is 19.3 Å². The largest absolute Gasteiger partial charge is 0.490 e. The van der Waals surface area contributed by atoms with E-state index >= 15 is 0 Å². The molecule has 1 aromatic rings. The van der Waals surface area contributed by atoms with Gasteiger partial charge in [0.2, 0.25) is 0 Å². The molecule has 1 aliphatic heterocycles. The number of anilines is 1. The highest BCUT2D eigenvalue weighted by molar-refractivity contribution is 7.66. The standard InChI is InChI=1S/C13H21N4O13P3/c1-4-13(15)10(18)9(27-11(13)17-6(2)5-8(14)16-12(17)19)7(3)28-32(23,24)30-33(25,26)29-31(20,21)22/h1,5,7,9-11,18H,15H2,2-3H3,(H,23,24)(H,25,26)(H2,14,16,19)(H2,20,21,22)/t7-,9+,10-,11+,13?/m0/s1. The molecule has 17 nitrogen and oxygen atoms in total. The number of aliphatic hydroxyl groups is 1. The van der Waals surface area contributed by atoms with Crippen LogP contribution in [0.1, 0.15) is 18.8 Å². The van der Waals surface area contributed by atoms with Gasteiger partial charge in [0.1, 0.15) is 18.0 Å². The third kappa shape index (κ3) is 6.36. The summed E-state index contributed by atoms with van der Waals surface area (Å²) in [6, 6.07) is 1.29. The van der Waals surface area contributed by atoms with Gasteiger partial charge in [0.15, 0.2) is 11.8 Å². The SMILES string of the molecule is C#CC1(N)[C@@H](O)[C@@H]([C@H](C)OP(=O)(O)OP(=O)(O)OP(=O)(O)O)O[C@H]1n1c(C)cc(N)nc1=O. The summed E-state index contributed by atoms with van der Waals surface area (Å²) in [5.41, 5.74) is 8.75. The Bertz CT molecular complexity index is 1160. The van der Waals surface area contributed by atoms with Gasteiger partial charge in [-0.25, -0.2) is 18.5 Å². The lowest BCUT2D eigenvalue weighted by molar-refractivity contribution is -0.0760. The predicted octanol–water partition coefficient (Wildman–Crippen LogP) is -1.55. The second-order valence-electron chi connectivity index (χ2n) is 6.85. The van der Waals surface area contributed by atoms with Gasteiger partial charge in [-0.15, -0.1) is 6.42 Å². The number of aliphatic hydroxyl groups excluding tert-OH is 1. The van der Waals surface area contributed by atoms with Crippen LogP contribution >= 0.6 is 23.5 Å². The van der Waals surface area contributed by atoms with Crippen molar-refractivity contribution >= 4 is 29.3 Å². The van der Waals surface area contributed by atoms with Crippen molar-refractivity contribution in [3.63, 3.8) is 0 Å². The van der Waals surface area contributed by atoms with Crippen LogP contribution in [-0.4, -0.2) is 58.1 Å². The first-order chi connectivity index (χ1) is 14.8. The van der Waals surface area contributed by atoms with Crippen LogP contribution in [0.25, 0.3) is 0 Å². The molecule has 1 aliphatic rings. The van der Waals surface area contributed by atoms with E-state index in [4.69, 9.17) is 32.4 Å². The van der Waals surface area contributed by atoms with Gasteiger partial charge in [-0.05, 0) is 19.9 Å². The number of rotatable bonds is 8. The van der Waals surface area contributed by atoms with Crippen molar-refractivity contribution in [1.29, 1.82) is 0 Å². The number of ether oxygens (including phenoxy) is 1. The number of phosphoric ester groups is 1. The van der Waals surface area contributed by atoms with Crippen LogP contribution in [-0.2, 0) is 31.6 Å². The van der Waals surface area contributed by atoms with E-state index < -0.39 is 59.2 Å². The summed E-state index contributed by atoms with van der Waals surface area (Å²) in [6.45, 7) is 2.48. The first-order valence-corrected chi connectivity index (χ1v) is 13.1. The highest BCUT2D eigenvalue weighted by Gasteiger charge is 2.57. The fraction of sp³-hybridized carbons (Fsp3) is 0.538. The Labute approximate surface area is 185 Å². The zero-order valence-corrected chi connectivity index (χ0v) is 19.5. The van der Waals surface area contributed by atoms with E-state index in [9.17, 15) is 33.4 Å². The minimum absolute atomic E-state index is 0.117. The van der Waals surface area contributed by atoms with E-state index in [1.54, 1.807) is 0 Å². The number of aryl methyl sites for hydroxylation is 1. The van der Waals surface area contributed by atoms with E-state index in [-0.39, 0.29) is 11.5 Å². The number of hydrogen-bond donors (Lipinski definition) is 7. The summed E-state index contributed by atoms with van der Waals surface area (Å²) in [5, 5.41) is 10.7. The first-order valence-electron chi connectivity index (χ1n) is 8.60. The molecule has 7 atom stereocenters. The Hall–Kier alpha value is -1.47. The van der Waals surface area contributed by atoms with E-state index in [0.717, 1.165) is 11.5 Å². The third-order valence-electron chi connectivity index (χ3n) is 4.33. The number of nitrogens with zero attached hydrogens (tertiary/aromatic N) is 2. The Balaban J connectivity index is 2.32. The van der Waals surface area contributed by atoms with Crippen LogP contribution in [0.15, 0.2) is 10.9 Å². The highest BCUT2D eigenvalue weighted by atomic mass is 31.3. The van der Waals surface area contributed by atoms with Crippen molar-refractivity contribution < 1.29 is 56.3 Å². The maximum absolute atomic E-state index is 12.3. The summed E-state index contributed by atoms with van der Waals surface area (Å²) < 4.78 is 52.6. The Morgan fingerprint density at radius 1 is 1.27 bits per heavy atom. The first kappa shape index (κ1) is 27.8. The fourth-order valence-corrected chi connectivity index (χ4v) is 6.24. The molecule has 20 heteroatoms. The Morgan fingerprint density at radius 2 is 1.85 bits per heavy atom. The van der Waals surface area contributed by atoms with E-state index in [0.29, 0.717) is 0 Å². The number of hydrogen-bond acceptors (Lipinski definition) is 12. The molecular weight excluding hydrogens is 513 g/mol. The molecule has 0 amide bonds. The summed E-state index contributed by atoms with van der Waals surface area (Å²) in [5.74, 6) is 1.98. The molecule has 2 heterocycles. The second-order valence-corrected chi connectivity index (χ2v) is 11.2. The maximum atomic E-state index is 12.3. The number of phosphoric acid groups is 3. The van der Waals surface area contributed by atoms with Crippen molar-refractivity contribution in [2.24, 2.45) is 5.73 Å². The minimum atomic E-state index is -5.77. The number of aromatic nitrogens is 2. The molecule has 33 heavy (non-hydrogen) atoms. The van der Waals surface area contributed by atoms with Crippen molar-refractivity contribution in [3.8, 4) is 12.3 Å². The van der Waals surface area contributed by atoms with Crippen molar-refractivity contribution in [2.75, 3.05) is 5.73 Å². The number of nitrogens with two attached hydrogens (primary N) is 2. The monoisotopic (exact) mass is 534 g/mol. The van der Waals surface area contributed by atoms with Crippen LogP contribution in [0.4, 0.5) is 5.82 Å². The molecule has 1 fully saturated rings. The van der Waals surface area contributed by atoms with Gasteiger partial charge < -0.3 is 40.9 Å². The van der Waals surface area contributed by atoms with Gasteiger partial charge in [-0.2, -0.15) is 13.6 Å². The van der Waals surface area contributed by atoms with Gasteiger partial charge in [0.25, 0.3) is 0 Å². The zero-order valence-electron chi connectivity index (χ0n) is 16.9. The minimum Gasteiger partial charge on any atom is -0.387 e. The molecule has 0 saturated carbocycles. The lowest BCUT2D eigenvalue weighted by Gasteiger charge is -2.29. The Kier molecular flexibility index (Phi) is 7.82. The summed E-state index contributed by atoms with van der Waals surface area (Å²) in [7, 11) is -16.9. The molecule has 0 aliphatic carbocycles. The summed E-state index contributed by atoms with van der Waals surface area (Å²) in [6.07, 6.45) is -1.23. The zero-order chi connectivity index (χ0) is 25.6. The molecule has 1 saturated heterocycles. The van der Waals surface area contributed by atoms with Crippen LogP contribution < -0.4 is 17.2 Å². The van der Waals surface area contributed by atoms with Gasteiger partial charge in [0, 0.05) is 5.69 Å². The lowest BCUT2D eigenvalue weighted by atomic mass is 9.90. The fourth-order valence-electron chi connectivity index (χ4n) is 3.04. The normalized spacial score (nSPS) is 30.2. The molecule has 0 spiro atoms. The Morgan fingerprint density at radius 3 is 2.33 bits per heavy atom. The quantitative estimate of drug-likeness (QED) is 0.147. The second kappa shape index (κ2) is 9.29. The molecule has 2 rings (SSSR count). The van der Waals surface area contributed by atoms with Gasteiger partial charge in [-0.1, -0.05) is 5.92 Å². The lowest BCUT2D eigenvalue weighted by Crippen LogP contribution is -2.55. The van der Waals surface area contributed by atoms with E-state index in [1.165, 1.54) is 13.0 Å². The predicted molar refractivity (Wildman–Crippen MR) is 108 cm³/mol. The van der Waals surface area contributed by atoms with Gasteiger partial charge >= 0.3 is 29.2 Å². The topological polar surface area (TPSA) is 276 Å². The maximum Gasteiger partial charge on any atom is 0.490 e. The molecule has 0 radical (unpaired) electrons.